The van der Waals surface area contributed by atoms with Crippen molar-refractivity contribution in [3.05, 3.63) is 65.5 Å². The number of aromatic nitrogens is 2. The Morgan fingerprint density at radius 1 is 0.949 bits per heavy atom. The third-order valence-electron chi connectivity index (χ3n) is 7.43. The Labute approximate surface area is 232 Å². The van der Waals surface area contributed by atoms with Gasteiger partial charge in [0.05, 0.1) is 11.0 Å². The van der Waals surface area contributed by atoms with Gasteiger partial charge in [-0.1, -0.05) is 101 Å². The highest BCUT2D eigenvalue weighted by atomic mass is 28.3. The molecule has 0 aliphatic carbocycles. The third kappa shape index (κ3) is 8.41. The van der Waals surface area contributed by atoms with Crippen LogP contribution in [0.2, 0.25) is 25.7 Å². The van der Waals surface area contributed by atoms with Gasteiger partial charge in [-0.25, -0.2) is 4.98 Å². The minimum Gasteiger partial charge on any atom is -0.374 e. The molecule has 0 spiro atoms. The van der Waals surface area contributed by atoms with Gasteiger partial charge in [0.25, 0.3) is 0 Å². The van der Waals surface area contributed by atoms with Crippen molar-refractivity contribution in [3.63, 3.8) is 0 Å². The first kappa shape index (κ1) is 31.4. The van der Waals surface area contributed by atoms with Crippen LogP contribution < -0.4 is 0 Å². The Balaban J connectivity index is 1.95. The van der Waals surface area contributed by atoms with Gasteiger partial charge in [0, 0.05) is 20.6 Å². The number of unbranched alkanes of at least 4 members (excludes halogenated alkanes) is 5. The molecule has 2 aromatic carbocycles. The van der Waals surface area contributed by atoms with Crippen molar-refractivity contribution >= 4 is 19.1 Å². The molecule has 0 bridgehead atoms. The molecule has 4 nitrogen and oxygen atoms in total. The second-order valence-electron chi connectivity index (χ2n) is 12.0. The van der Waals surface area contributed by atoms with Gasteiger partial charge >= 0.3 is 6.18 Å². The van der Waals surface area contributed by atoms with E-state index in [0.29, 0.717) is 17.6 Å². The van der Waals surface area contributed by atoms with E-state index in [2.05, 4.69) is 43.7 Å². The first-order valence-corrected chi connectivity index (χ1v) is 18.0. The molecule has 3 aromatic rings. The van der Waals surface area contributed by atoms with Crippen LogP contribution in [0.5, 0.6) is 0 Å². The molecule has 1 heterocycles. The highest BCUT2D eigenvalue weighted by molar-refractivity contribution is 6.76. The molecule has 0 aliphatic rings. The smallest absolute Gasteiger partial charge is 0.374 e. The minimum absolute atomic E-state index is 0.0955. The molecule has 39 heavy (non-hydrogen) atoms. The zero-order valence-corrected chi connectivity index (χ0v) is 25.2. The van der Waals surface area contributed by atoms with Crippen LogP contribution in [0.3, 0.4) is 0 Å². The summed E-state index contributed by atoms with van der Waals surface area (Å²) in [6.07, 6.45) is 3.25. The molecule has 0 aliphatic heterocycles. The molecule has 0 amide bonds. The van der Waals surface area contributed by atoms with Gasteiger partial charge in [-0.15, -0.1) is 0 Å². The summed E-state index contributed by atoms with van der Waals surface area (Å²) in [6.45, 7) is 9.99. The molecular weight excluding hydrogens is 517 g/mol. The molecule has 216 valence electrons. The number of aliphatic hydroxyl groups is 1. The van der Waals surface area contributed by atoms with E-state index in [-0.39, 0.29) is 12.6 Å². The normalized spacial score (nSPS) is 15.0. The predicted molar refractivity (Wildman–Crippen MR) is 156 cm³/mol. The van der Waals surface area contributed by atoms with Crippen molar-refractivity contribution in [1.82, 2.24) is 9.55 Å². The Morgan fingerprint density at radius 2 is 1.62 bits per heavy atom. The topological polar surface area (TPSA) is 47.3 Å². The molecule has 3 rings (SSSR count). The van der Waals surface area contributed by atoms with E-state index in [1.165, 1.54) is 35.8 Å². The highest BCUT2D eigenvalue weighted by Gasteiger charge is 2.54. The summed E-state index contributed by atoms with van der Waals surface area (Å²) in [4.78, 5) is 4.37. The summed E-state index contributed by atoms with van der Waals surface area (Å²) in [5.74, 6) is -0.325. The fourth-order valence-electron chi connectivity index (χ4n) is 4.87. The van der Waals surface area contributed by atoms with Crippen LogP contribution in [0.25, 0.3) is 11.0 Å². The van der Waals surface area contributed by atoms with Crippen LogP contribution in [0, 0.1) is 0 Å². The number of alkyl halides is 3. The molecule has 8 heteroatoms. The van der Waals surface area contributed by atoms with E-state index in [4.69, 9.17) is 4.74 Å². The quantitative estimate of drug-likeness (QED) is 0.148. The van der Waals surface area contributed by atoms with E-state index in [1.54, 1.807) is 0 Å². The van der Waals surface area contributed by atoms with Crippen molar-refractivity contribution in [1.29, 1.82) is 0 Å². The van der Waals surface area contributed by atoms with E-state index in [0.717, 1.165) is 37.8 Å². The number of imidazole rings is 1. The molecule has 2 atom stereocenters. The summed E-state index contributed by atoms with van der Waals surface area (Å²) < 4.78 is 48.9. The summed E-state index contributed by atoms with van der Waals surface area (Å²) in [7, 11) is -1.37. The number of nitrogens with zero attached hydrogens (tertiary/aromatic N) is 2. The number of hydrogen-bond donors (Lipinski definition) is 1. The second kappa shape index (κ2) is 13.5. The Hall–Kier alpha value is -2.16. The Bertz CT molecular complexity index is 1170. The number of ether oxygens (including phenoxy) is 1. The van der Waals surface area contributed by atoms with Gasteiger partial charge in [-0.3, -0.25) is 0 Å². The van der Waals surface area contributed by atoms with Crippen LogP contribution >= 0.6 is 0 Å². The average Bonchev–Trinajstić information content (AvgIpc) is 3.24. The van der Waals surface area contributed by atoms with Gasteiger partial charge in [0.15, 0.2) is 5.82 Å². The summed E-state index contributed by atoms with van der Waals surface area (Å²) in [6, 6.07) is 16.8. The van der Waals surface area contributed by atoms with Crippen molar-refractivity contribution in [2.75, 3.05) is 6.61 Å². The predicted octanol–water partition coefficient (Wildman–Crippen LogP) is 9.00. The number of halogens is 3. The summed E-state index contributed by atoms with van der Waals surface area (Å²) in [5.41, 5.74) is 0.0557. The lowest BCUT2D eigenvalue weighted by Gasteiger charge is -2.26. The fourth-order valence-corrected chi connectivity index (χ4v) is 5.62. The number of rotatable bonds is 15. The van der Waals surface area contributed by atoms with E-state index in [1.807, 2.05) is 36.4 Å². The maximum Gasteiger partial charge on any atom is 0.424 e. The molecule has 1 N–H and O–H groups in total. The molecule has 0 fully saturated rings. The SMILES string of the molecule is CCCCCCCCC(c1ccccc1)c1ccc2c(c1)nc(C(C)(O)C(F)(F)F)n2COCC[Si](C)(C)C. The third-order valence-corrected chi connectivity index (χ3v) is 9.13. The molecule has 0 radical (unpaired) electrons. The number of fused-ring (bicyclic) bond motifs is 1. The van der Waals surface area contributed by atoms with E-state index in [9.17, 15) is 18.3 Å². The fraction of sp³-hybridized carbons (Fsp3) is 0.581. The van der Waals surface area contributed by atoms with Crippen LogP contribution in [0.4, 0.5) is 13.2 Å². The summed E-state index contributed by atoms with van der Waals surface area (Å²) in [5, 5.41) is 10.6. The van der Waals surface area contributed by atoms with Crippen molar-refractivity contribution < 1.29 is 23.0 Å². The molecule has 0 saturated heterocycles. The largest absolute Gasteiger partial charge is 0.424 e. The van der Waals surface area contributed by atoms with E-state index < -0.39 is 25.7 Å². The zero-order valence-electron chi connectivity index (χ0n) is 24.2. The summed E-state index contributed by atoms with van der Waals surface area (Å²) >= 11 is 0. The van der Waals surface area contributed by atoms with Crippen LogP contribution in [0.1, 0.15) is 81.7 Å². The zero-order chi connectivity index (χ0) is 28.7. The van der Waals surface area contributed by atoms with Gasteiger partial charge in [-0.2, -0.15) is 13.2 Å². The lowest BCUT2D eigenvalue weighted by molar-refractivity contribution is -0.263. The molecule has 2 unspecified atom stereocenters. The average molecular weight is 563 g/mol. The Kier molecular flexibility index (Phi) is 10.8. The van der Waals surface area contributed by atoms with Crippen LogP contribution in [-0.2, 0) is 17.1 Å². The van der Waals surface area contributed by atoms with Gasteiger partial charge < -0.3 is 14.4 Å². The second-order valence-corrected chi connectivity index (χ2v) is 17.7. The molecular formula is C31H45F3N2O2Si. The van der Waals surface area contributed by atoms with Gasteiger partial charge in [0.1, 0.15) is 6.73 Å². The Morgan fingerprint density at radius 3 is 2.26 bits per heavy atom. The van der Waals surface area contributed by atoms with Gasteiger partial charge in [-0.05, 0) is 42.6 Å². The molecule has 0 saturated carbocycles. The maximum atomic E-state index is 13.9. The monoisotopic (exact) mass is 562 g/mol. The lowest BCUT2D eigenvalue weighted by Crippen LogP contribution is -2.41. The number of hydrogen-bond acceptors (Lipinski definition) is 3. The lowest BCUT2D eigenvalue weighted by atomic mass is 9.86. The molecule has 1 aromatic heterocycles. The van der Waals surface area contributed by atoms with Crippen molar-refractivity contribution in [2.24, 2.45) is 0 Å². The number of benzene rings is 2. The van der Waals surface area contributed by atoms with Crippen molar-refractivity contribution in [3.8, 4) is 0 Å². The maximum absolute atomic E-state index is 13.9. The van der Waals surface area contributed by atoms with Crippen molar-refractivity contribution in [2.45, 2.75) is 109 Å². The highest BCUT2D eigenvalue weighted by Crippen LogP contribution is 2.40. The minimum atomic E-state index is -4.88. The van der Waals surface area contributed by atoms with Crippen LogP contribution in [-0.4, -0.2) is 35.5 Å². The van der Waals surface area contributed by atoms with Crippen LogP contribution in [0.15, 0.2) is 48.5 Å². The van der Waals surface area contributed by atoms with Gasteiger partial charge in [0.2, 0.25) is 5.60 Å². The van der Waals surface area contributed by atoms with E-state index >= 15 is 0 Å². The first-order chi connectivity index (χ1) is 18.3. The standard InChI is InChI=1S/C31H45F3N2O2Si/c1-6-7-8-9-10-14-17-26(24-15-12-11-13-16-24)25-18-19-28-27(22-25)35-29(30(2,37)31(32,33)34)36(28)23-38-20-21-39(3,4)5/h11-13,15-16,18-19,22,26,37H,6-10,14,17,20-21,23H2,1-5H3. The first-order valence-electron chi connectivity index (χ1n) is 14.3.